The highest BCUT2D eigenvalue weighted by Gasteiger charge is 2.13. The molecule has 1 heterocycles. The quantitative estimate of drug-likeness (QED) is 0.634. The average Bonchev–Trinajstić information content (AvgIpc) is 2.47. The van der Waals surface area contributed by atoms with Gasteiger partial charge in [-0.15, -0.1) is 0 Å². The minimum absolute atomic E-state index is 0.402. The summed E-state index contributed by atoms with van der Waals surface area (Å²) in [5, 5.41) is 0.402. The maximum absolute atomic E-state index is 5.63. The van der Waals surface area contributed by atoms with Gasteiger partial charge in [0.15, 0.2) is 0 Å². The van der Waals surface area contributed by atoms with E-state index in [-0.39, 0.29) is 0 Å². The number of rotatable bonds is 4. The lowest BCUT2D eigenvalue weighted by molar-refractivity contribution is 0.483. The van der Waals surface area contributed by atoms with Crippen molar-refractivity contribution in [2.75, 3.05) is 0 Å². The zero-order chi connectivity index (χ0) is 9.90. The van der Waals surface area contributed by atoms with Gasteiger partial charge in [0, 0.05) is 6.42 Å². The van der Waals surface area contributed by atoms with E-state index in [9.17, 15) is 0 Å². The molecule has 13 heavy (non-hydrogen) atoms. The Bertz CT molecular complexity index is 260. The molecule has 70 valence electrons. The molecule has 1 aromatic heterocycles. The van der Waals surface area contributed by atoms with E-state index in [1.54, 1.807) is 0 Å². The first-order chi connectivity index (χ1) is 6.01. The Morgan fingerprint density at radius 1 is 1.38 bits per heavy atom. The second kappa shape index (κ2) is 4.08. The van der Waals surface area contributed by atoms with Crippen LogP contribution in [0.2, 0.25) is 5.21 Å². The first kappa shape index (κ1) is 10.5. The van der Waals surface area contributed by atoms with Crippen LogP contribution < -0.4 is 0 Å². The SMILES string of the molecule is BC(C)(C)BCc1ccc(CC)o1. The molecular weight excluding hydrogens is 158 g/mol. The van der Waals surface area contributed by atoms with Gasteiger partial charge in [0.25, 0.3) is 0 Å². The third-order valence-corrected chi connectivity index (χ3v) is 2.19. The van der Waals surface area contributed by atoms with Crippen LogP contribution in [0.25, 0.3) is 0 Å². The third-order valence-electron chi connectivity index (χ3n) is 2.19. The van der Waals surface area contributed by atoms with Crippen LogP contribution >= 0.6 is 0 Å². The van der Waals surface area contributed by atoms with Crippen LogP contribution in [0.3, 0.4) is 0 Å². The van der Waals surface area contributed by atoms with Crippen molar-refractivity contribution < 1.29 is 4.42 Å². The van der Waals surface area contributed by atoms with Gasteiger partial charge in [-0.2, -0.15) is 0 Å². The molecule has 1 aromatic rings. The molecule has 0 spiro atoms. The van der Waals surface area contributed by atoms with Gasteiger partial charge in [-0.05, 0) is 18.5 Å². The smallest absolute Gasteiger partial charge is 0.127 e. The van der Waals surface area contributed by atoms with E-state index in [0.29, 0.717) is 5.21 Å². The summed E-state index contributed by atoms with van der Waals surface area (Å²) in [4.78, 5) is 0. The lowest BCUT2D eigenvalue weighted by atomic mass is 9.43. The first-order valence-corrected chi connectivity index (χ1v) is 5.09. The predicted molar refractivity (Wildman–Crippen MR) is 61.5 cm³/mol. The molecule has 0 atom stereocenters. The Labute approximate surface area is 82.6 Å². The lowest BCUT2D eigenvalue weighted by Gasteiger charge is -2.14. The second-order valence-corrected chi connectivity index (χ2v) is 4.78. The zero-order valence-corrected chi connectivity index (χ0v) is 9.18. The van der Waals surface area contributed by atoms with E-state index in [4.69, 9.17) is 4.42 Å². The molecule has 0 N–H and O–H groups in total. The van der Waals surface area contributed by atoms with Crippen molar-refractivity contribution in [2.24, 2.45) is 0 Å². The summed E-state index contributed by atoms with van der Waals surface area (Å²) in [6, 6.07) is 4.18. The number of furan rings is 1. The van der Waals surface area contributed by atoms with Gasteiger partial charge in [0.1, 0.15) is 13.0 Å². The second-order valence-electron chi connectivity index (χ2n) is 4.78. The van der Waals surface area contributed by atoms with Gasteiger partial charge in [-0.3, -0.25) is 0 Å². The maximum Gasteiger partial charge on any atom is 0.127 e. The largest absolute Gasteiger partial charge is 0.467 e. The van der Waals surface area contributed by atoms with Crippen molar-refractivity contribution in [3.05, 3.63) is 23.7 Å². The number of hydrogen-bond acceptors (Lipinski definition) is 1. The van der Waals surface area contributed by atoms with Gasteiger partial charge < -0.3 is 4.42 Å². The van der Waals surface area contributed by atoms with Crippen LogP contribution in [0.4, 0.5) is 0 Å². The fraction of sp³-hybridized carbons (Fsp3) is 0.600. The monoisotopic (exact) mass is 176 g/mol. The molecule has 1 nitrogen and oxygen atoms in total. The normalized spacial score (nSPS) is 11.6. The van der Waals surface area contributed by atoms with E-state index in [1.165, 1.54) is 7.28 Å². The molecule has 0 unspecified atom stereocenters. The minimum atomic E-state index is 0.402. The highest BCUT2D eigenvalue weighted by atomic mass is 16.3. The summed E-state index contributed by atoms with van der Waals surface area (Å²) < 4.78 is 5.63. The molecule has 0 aliphatic heterocycles. The first-order valence-electron chi connectivity index (χ1n) is 5.09. The van der Waals surface area contributed by atoms with Gasteiger partial charge in [-0.25, -0.2) is 0 Å². The molecule has 3 heteroatoms. The van der Waals surface area contributed by atoms with Crippen LogP contribution in [0.5, 0.6) is 0 Å². The summed E-state index contributed by atoms with van der Waals surface area (Å²) in [7, 11) is 3.44. The molecule has 0 amide bonds. The van der Waals surface area contributed by atoms with E-state index in [2.05, 4.69) is 40.8 Å². The average molecular weight is 176 g/mol. The zero-order valence-electron chi connectivity index (χ0n) is 9.18. The van der Waals surface area contributed by atoms with Gasteiger partial charge in [0.05, 0.1) is 13.6 Å². The van der Waals surface area contributed by atoms with Gasteiger partial charge in [0.2, 0.25) is 0 Å². The maximum atomic E-state index is 5.63. The van der Waals surface area contributed by atoms with E-state index >= 15 is 0 Å². The molecule has 0 aromatic carbocycles. The van der Waals surface area contributed by atoms with E-state index in [0.717, 1.165) is 24.3 Å². The summed E-state index contributed by atoms with van der Waals surface area (Å²) in [5.74, 6) is 2.23. The Balaban J connectivity index is 2.46. The van der Waals surface area contributed by atoms with Gasteiger partial charge >= 0.3 is 0 Å². The molecule has 0 bridgehead atoms. The minimum Gasteiger partial charge on any atom is -0.467 e. The summed E-state index contributed by atoms with van der Waals surface area (Å²) in [6.45, 7) is 6.64. The van der Waals surface area contributed by atoms with Crippen molar-refractivity contribution in [1.29, 1.82) is 0 Å². The predicted octanol–water partition coefficient (Wildman–Crippen LogP) is 1.57. The van der Waals surface area contributed by atoms with Crippen molar-refractivity contribution in [3.63, 3.8) is 0 Å². The Morgan fingerprint density at radius 3 is 2.46 bits per heavy atom. The highest BCUT2D eigenvalue weighted by Crippen LogP contribution is 2.18. The van der Waals surface area contributed by atoms with Crippen LogP contribution in [-0.4, -0.2) is 15.1 Å². The summed E-state index contributed by atoms with van der Waals surface area (Å²) in [6.07, 6.45) is 2.05. The topological polar surface area (TPSA) is 13.1 Å². The molecule has 1 rings (SSSR count). The third kappa shape index (κ3) is 3.75. The van der Waals surface area contributed by atoms with E-state index in [1.807, 2.05) is 0 Å². The van der Waals surface area contributed by atoms with Crippen LogP contribution in [0.1, 0.15) is 32.3 Å². The van der Waals surface area contributed by atoms with Crippen molar-refractivity contribution >= 4 is 15.1 Å². The fourth-order valence-corrected chi connectivity index (χ4v) is 1.24. The Morgan fingerprint density at radius 2 is 2.00 bits per heavy atom. The lowest BCUT2D eigenvalue weighted by Crippen LogP contribution is -2.14. The van der Waals surface area contributed by atoms with Crippen molar-refractivity contribution in [2.45, 2.75) is 38.7 Å². The Hall–Kier alpha value is -0.590. The Kier molecular flexibility index (Phi) is 3.29. The van der Waals surface area contributed by atoms with Crippen molar-refractivity contribution in [3.8, 4) is 0 Å². The standard InChI is InChI=1S/C10H18B2O/c1-4-8-5-6-9(13-8)7-12-10(2,3)11/h5-6,12H,4,7,11H2,1-3H3. The number of aryl methyl sites for hydroxylation is 1. The number of hydrogen-bond donors (Lipinski definition) is 0. The van der Waals surface area contributed by atoms with Crippen LogP contribution in [0.15, 0.2) is 16.5 Å². The van der Waals surface area contributed by atoms with E-state index < -0.39 is 0 Å². The van der Waals surface area contributed by atoms with Crippen molar-refractivity contribution in [1.82, 2.24) is 0 Å². The highest BCUT2D eigenvalue weighted by molar-refractivity contribution is 6.52. The fourth-order valence-electron chi connectivity index (χ4n) is 1.24. The van der Waals surface area contributed by atoms with Crippen LogP contribution in [-0.2, 0) is 12.7 Å². The molecule has 0 radical (unpaired) electrons. The molecule has 0 saturated carbocycles. The molecular formula is C10H18B2O. The summed E-state index contributed by atoms with van der Waals surface area (Å²) in [5.41, 5.74) is 0. The molecule has 0 fully saturated rings. The molecule has 0 aliphatic carbocycles. The molecule has 0 saturated heterocycles. The molecule has 0 aliphatic rings. The van der Waals surface area contributed by atoms with Gasteiger partial charge in [-0.1, -0.05) is 26.0 Å². The summed E-state index contributed by atoms with van der Waals surface area (Å²) >= 11 is 0. The van der Waals surface area contributed by atoms with Crippen LogP contribution in [0, 0.1) is 0 Å².